The topological polar surface area (TPSA) is 80.8 Å². The molecule has 0 atom stereocenters. The van der Waals surface area contributed by atoms with Crippen molar-refractivity contribution >= 4 is 12.0 Å². The summed E-state index contributed by atoms with van der Waals surface area (Å²) in [6.07, 6.45) is -2.63. The maximum Gasteiger partial charge on any atom is 0.422 e. The van der Waals surface area contributed by atoms with Gasteiger partial charge in [0.15, 0.2) is 6.61 Å². The second-order valence-electron chi connectivity index (χ2n) is 5.69. The molecule has 0 bridgehead atoms. The van der Waals surface area contributed by atoms with Gasteiger partial charge in [0.2, 0.25) is 5.88 Å². The van der Waals surface area contributed by atoms with Crippen molar-refractivity contribution in [1.29, 1.82) is 0 Å². The first-order valence-corrected chi connectivity index (χ1v) is 8.17. The number of halogens is 3. The summed E-state index contributed by atoms with van der Waals surface area (Å²) in [6.45, 7) is 1.33. The Hall–Kier alpha value is -2.52. The zero-order valence-electron chi connectivity index (χ0n) is 14.2. The molecular weight excluding hydrogens is 355 g/mol. The van der Waals surface area contributed by atoms with E-state index in [0.29, 0.717) is 25.9 Å². The summed E-state index contributed by atoms with van der Waals surface area (Å²) in [5.74, 6) is -0.934. The fourth-order valence-electron chi connectivity index (χ4n) is 2.51. The van der Waals surface area contributed by atoms with E-state index in [0.717, 1.165) is 0 Å². The molecule has 1 aliphatic rings. The Kier molecular flexibility index (Phi) is 6.64. The van der Waals surface area contributed by atoms with Crippen LogP contribution in [0, 0.1) is 0 Å². The number of rotatable bonds is 5. The first-order valence-electron chi connectivity index (χ1n) is 8.17. The Balaban J connectivity index is 1.92. The van der Waals surface area contributed by atoms with Crippen LogP contribution in [0.3, 0.4) is 0 Å². The zero-order chi connectivity index (χ0) is 19.2. The van der Waals surface area contributed by atoms with Crippen LogP contribution in [-0.2, 0) is 4.74 Å². The van der Waals surface area contributed by atoms with Crippen molar-refractivity contribution < 1.29 is 32.2 Å². The normalized spacial score (nSPS) is 15.5. The molecule has 0 aromatic carbocycles. The smallest absolute Gasteiger partial charge is 0.422 e. The standard InChI is InChI=1S/C16H20F3N3O4/c1-2-25-15(24)22-8-5-11(6-9-22)21-13(23)12-4-3-7-20-14(12)26-10-16(17,18)19/h3-4,7,11H,2,5-6,8-10H2,1H3,(H,21,23). The van der Waals surface area contributed by atoms with Gasteiger partial charge in [-0.15, -0.1) is 0 Å². The van der Waals surface area contributed by atoms with Gasteiger partial charge in [0.25, 0.3) is 5.91 Å². The van der Waals surface area contributed by atoms with E-state index >= 15 is 0 Å². The molecule has 1 aliphatic heterocycles. The van der Waals surface area contributed by atoms with Crippen molar-refractivity contribution in [2.75, 3.05) is 26.3 Å². The van der Waals surface area contributed by atoms with Crippen molar-refractivity contribution in [3.8, 4) is 5.88 Å². The average Bonchev–Trinajstić information content (AvgIpc) is 2.60. The van der Waals surface area contributed by atoms with Crippen LogP contribution in [0.1, 0.15) is 30.1 Å². The van der Waals surface area contributed by atoms with Gasteiger partial charge >= 0.3 is 12.3 Å². The van der Waals surface area contributed by atoms with E-state index in [9.17, 15) is 22.8 Å². The predicted molar refractivity (Wildman–Crippen MR) is 84.9 cm³/mol. The van der Waals surface area contributed by atoms with E-state index in [4.69, 9.17) is 4.74 Å². The molecule has 2 heterocycles. The summed E-state index contributed by atoms with van der Waals surface area (Å²) >= 11 is 0. The molecular formula is C16H20F3N3O4. The lowest BCUT2D eigenvalue weighted by Crippen LogP contribution is -2.46. The molecule has 144 valence electrons. The third-order valence-corrected chi connectivity index (χ3v) is 3.74. The Morgan fingerprint density at radius 2 is 2.04 bits per heavy atom. The quantitative estimate of drug-likeness (QED) is 0.855. The average molecular weight is 375 g/mol. The molecule has 1 N–H and O–H groups in total. The maximum absolute atomic E-state index is 12.4. The molecule has 1 aromatic rings. The van der Waals surface area contributed by atoms with E-state index in [-0.39, 0.29) is 24.1 Å². The van der Waals surface area contributed by atoms with Crippen LogP contribution >= 0.6 is 0 Å². The summed E-state index contributed by atoms with van der Waals surface area (Å²) in [5.41, 5.74) is -0.0652. The molecule has 0 spiro atoms. The van der Waals surface area contributed by atoms with Gasteiger partial charge in [-0.2, -0.15) is 13.2 Å². The number of nitrogens with one attached hydrogen (secondary N) is 1. The Morgan fingerprint density at radius 3 is 2.65 bits per heavy atom. The molecule has 1 saturated heterocycles. The van der Waals surface area contributed by atoms with Gasteiger partial charge in [0.1, 0.15) is 5.56 Å². The van der Waals surface area contributed by atoms with Crippen LogP contribution in [0.5, 0.6) is 5.88 Å². The van der Waals surface area contributed by atoms with Crippen LogP contribution in [0.2, 0.25) is 0 Å². The number of ether oxygens (including phenoxy) is 2. The molecule has 0 radical (unpaired) electrons. The summed E-state index contributed by atoms with van der Waals surface area (Å²) in [7, 11) is 0. The molecule has 2 rings (SSSR count). The lowest BCUT2D eigenvalue weighted by molar-refractivity contribution is -0.154. The number of carbonyl (C=O) groups is 2. The molecule has 0 aliphatic carbocycles. The summed E-state index contributed by atoms with van der Waals surface area (Å²) in [6, 6.07) is 2.59. The van der Waals surface area contributed by atoms with Crippen molar-refractivity contribution in [1.82, 2.24) is 15.2 Å². The lowest BCUT2D eigenvalue weighted by Gasteiger charge is -2.31. The van der Waals surface area contributed by atoms with E-state index in [1.54, 1.807) is 11.8 Å². The fourth-order valence-corrected chi connectivity index (χ4v) is 2.51. The fraction of sp³-hybridized carbons (Fsp3) is 0.562. The number of nitrogens with zero attached hydrogens (tertiary/aromatic N) is 2. The molecule has 0 unspecified atom stereocenters. The maximum atomic E-state index is 12.4. The van der Waals surface area contributed by atoms with E-state index < -0.39 is 24.8 Å². The molecule has 1 aromatic heterocycles. The van der Waals surface area contributed by atoms with Crippen molar-refractivity contribution in [3.05, 3.63) is 23.9 Å². The van der Waals surface area contributed by atoms with Crippen molar-refractivity contribution in [2.24, 2.45) is 0 Å². The molecule has 7 nitrogen and oxygen atoms in total. The monoisotopic (exact) mass is 375 g/mol. The Labute approximate surface area is 148 Å². The van der Waals surface area contributed by atoms with Crippen LogP contribution in [-0.4, -0.2) is 60.4 Å². The molecule has 26 heavy (non-hydrogen) atoms. The number of amides is 2. The molecule has 1 fully saturated rings. The van der Waals surface area contributed by atoms with Crippen LogP contribution in [0.15, 0.2) is 18.3 Å². The zero-order valence-corrected chi connectivity index (χ0v) is 14.2. The SMILES string of the molecule is CCOC(=O)N1CCC(NC(=O)c2cccnc2OCC(F)(F)F)CC1. The van der Waals surface area contributed by atoms with Crippen molar-refractivity contribution in [3.63, 3.8) is 0 Å². The lowest BCUT2D eigenvalue weighted by atomic mass is 10.0. The third-order valence-electron chi connectivity index (χ3n) is 3.74. The highest BCUT2D eigenvalue weighted by atomic mass is 19.4. The number of likely N-dealkylation sites (tertiary alicyclic amines) is 1. The number of pyridine rings is 1. The van der Waals surface area contributed by atoms with Gasteiger partial charge in [-0.3, -0.25) is 4.79 Å². The third kappa shape index (κ3) is 5.78. The van der Waals surface area contributed by atoms with E-state index in [2.05, 4.69) is 15.0 Å². The predicted octanol–water partition coefficient (Wildman–Crippen LogP) is 2.37. The van der Waals surface area contributed by atoms with Gasteiger partial charge in [-0.1, -0.05) is 0 Å². The summed E-state index contributed by atoms with van der Waals surface area (Å²) in [5, 5.41) is 2.75. The van der Waals surface area contributed by atoms with Crippen LogP contribution in [0.4, 0.5) is 18.0 Å². The van der Waals surface area contributed by atoms with Crippen LogP contribution in [0.25, 0.3) is 0 Å². The summed E-state index contributed by atoms with van der Waals surface area (Å²) < 4.78 is 46.5. The second kappa shape index (κ2) is 8.72. The van der Waals surface area contributed by atoms with Gasteiger partial charge in [-0.25, -0.2) is 9.78 Å². The van der Waals surface area contributed by atoms with E-state index in [1.165, 1.54) is 18.3 Å². The Bertz CT molecular complexity index is 631. The van der Waals surface area contributed by atoms with Crippen LogP contribution < -0.4 is 10.1 Å². The highest BCUT2D eigenvalue weighted by Gasteiger charge is 2.30. The first kappa shape index (κ1) is 19.8. The number of hydrogen-bond acceptors (Lipinski definition) is 5. The van der Waals surface area contributed by atoms with Gasteiger partial charge < -0.3 is 19.7 Å². The first-order chi connectivity index (χ1) is 12.3. The van der Waals surface area contributed by atoms with Gasteiger partial charge in [0, 0.05) is 25.3 Å². The number of carbonyl (C=O) groups excluding carboxylic acids is 2. The van der Waals surface area contributed by atoms with Gasteiger partial charge in [-0.05, 0) is 31.9 Å². The minimum absolute atomic E-state index is 0.0652. The molecule has 10 heteroatoms. The van der Waals surface area contributed by atoms with Gasteiger partial charge in [0.05, 0.1) is 6.61 Å². The highest BCUT2D eigenvalue weighted by molar-refractivity contribution is 5.96. The Morgan fingerprint density at radius 1 is 1.35 bits per heavy atom. The highest BCUT2D eigenvalue weighted by Crippen LogP contribution is 2.20. The summed E-state index contributed by atoms with van der Waals surface area (Å²) in [4.78, 5) is 29.3. The number of aromatic nitrogens is 1. The molecule has 0 saturated carbocycles. The minimum Gasteiger partial charge on any atom is -0.467 e. The second-order valence-corrected chi connectivity index (χ2v) is 5.69. The largest absolute Gasteiger partial charge is 0.467 e. The van der Waals surface area contributed by atoms with Crippen molar-refractivity contribution in [2.45, 2.75) is 32.0 Å². The molecule has 2 amide bonds. The number of alkyl halides is 3. The number of hydrogen-bond donors (Lipinski definition) is 1. The van der Waals surface area contributed by atoms with E-state index in [1.807, 2.05) is 0 Å². The number of piperidine rings is 1. The minimum atomic E-state index is -4.52.